The Balaban J connectivity index is 1.85. The summed E-state index contributed by atoms with van der Waals surface area (Å²) in [5.74, 6) is -0.246. The van der Waals surface area contributed by atoms with Crippen molar-refractivity contribution in [2.24, 2.45) is 0 Å². The van der Waals surface area contributed by atoms with Crippen molar-refractivity contribution >= 4 is 10.0 Å². The lowest BCUT2D eigenvalue weighted by Crippen LogP contribution is -2.29. The molecule has 1 heterocycles. The molecule has 2 aromatic rings. The monoisotopic (exact) mass is 380 g/mol. The maximum Gasteiger partial charge on any atom is 0.246 e. The van der Waals surface area contributed by atoms with Gasteiger partial charge in [-0.3, -0.25) is 9.58 Å². The standard InChI is InChI=1S/C18H25FN4O2S/c1-13-18(26(24,25)21(3)4)14(2)23(20-13)12-22(17-9-10-17)11-15-5-7-16(19)8-6-15/h5-8,17H,9-12H2,1-4H3. The molecular weight excluding hydrogens is 355 g/mol. The fraction of sp³-hybridized carbons (Fsp3) is 0.500. The minimum atomic E-state index is -3.53. The summed E-state index contributed by atoms with van der Waals surface area (Å²) in [6, 6.07) is 6.96. The van der Waals surface area contributed by atoms with E-state index in [1.165, 1.54) is 30.5 Å². The third-order valence-electron chi connectivity index (χ3n) is 4.73. The number of aromatic nitrogens is 2. The van der Waals surface area contributed by atoms with Crippen LogP contribution < -0.4 is 0 Å². The SMILES string of the molecule is Cc1nn(CN(Cc2ccc(F)cc2)C2CC2)c(C)c1S(=O)(=O)N(C)C. The van der Waals surface area contributed by atoms with Gasteiger partial charge in [-0.2, -0.15) is 5.10 Å². The number of rotatable bonds is 7. The summed E-state index contributed by atoms with van der Waals surface area (Å²) in [6.07, 6.45) is 2.23. The highest BCUT2D eigenvalue weighted by Crippen LogP contribution is 2.30. The van der Waals surface area contributed by atoms with Crippen molar-refractivity contribution < 1.29 is 12.8 Å². The van der Waals surface area contributed by atoms with Crippen LogP contribution in [0.3, 0.4) is 0 Å². The molecule has 3 rings (SSSR count). The van der Waals surface area contributed by atoms with Gasteiger partial charge in [-0.05, 0) is 44.4 Å². The van der Waals surface area contributed by atoms with Crippen LogP contribution in [-0.2, 0) is 23.2 Å². The summed E-state index contributed by atoms with van der Waals surface area (Å²) in [5, 5.41) is 4.47. The molecule has 1 aromatic carbocycles. The van der Waals surface area contributed by atoms with Crippen molar-refractivity contribution in [3.63, 3.8) is 0 Å². The highest BCUT2D eigenvalue weighted by atomic mass is 32.2. The van der Waals surface area contributed by atoms with Crippen LogP contribution in [-0.4, -0.2) is 47.5 Å². The molecule has 0 spiro atoms. The molecule has 1 fully saturated rings. The highest BCUT2D eigenvalue weighted by molar-refractivity contribution is 7.89. The molecule has 26 heavy (non-hydrogen) atoms. The molecule has 0 unspecified atom stereocenters. The van der Waals surface area contributed by atoms with Crippen LogP contribution in [0.5, 0.6) is 0 Å². The summed E-state index contributed by atoms with van der Waals surface area (Å²) < 4.78 is 41.2. The van der Waals surface area contributed by atoms with Gasteiger partial charge in [-0.1, -0.05) is 12.1 Å². The fourth-order valence-corrected chi connectivity index (χ4v) is 4.36. The number of nitrogens with zero attached hydrogens (tertiary/aromatic N) is 4. The molecular formula is C18H25FN4O2S. The lowest BCUT2D eigenvalue weighted by molar-refractivity contribution is 0.186. The van der Waals surface area contributed by atoms with Crippen molar-refractivity contribution in [1.82, 2.24) is 19.0 Å². The van der Waals surface area contributed by atoms with E-state index >= 15 is 0 Å². The van der Waals surface area contributed by atoms with Gasteiger partial charge in [0.05, 0.1) is 18.1 Å². The van der Waals surface area contributed by atoms with Crippen molar-refractivity contribution in [3.8, 4) is 0 Å². The van der Waals surface area contributed by atoms with Gasteiger partial charge in [0.15, 0.2) is 0 Å². The molecule has 8 heteroatoms. The fourth-order valence-electron chi connectivity index (χ4n) is 3.10. The Bertz CT molecular complexity index is 887. The molecule has 0 amide bonds. The largest absolute Gasteiger partial charge is 0.277 e. The lowest BCUT2D eigenvalue weighted by atomic mass is 10.2. The van der Waals surface area contributed by atoms with Crippen LogP contribution in [0.1, 0.15) is 29.8 Å². The maximum atomic E-state index is 13.1. The summed E-state index contributed by atoms with van der Waals surface area (Å²) in [4.78, 5) is 2.54. The Kier molecular flexibility index (Phi) is 5.18. The lowest BCUT2D eigenvalue weighted by Gasteiger charge is -2.23. The third kappa shape index (κ3) is 3.82. The minimum Gasteiger partial charge on any atom is -0.277 e. The summed E-state index contributed by atoms with van der Waals surface area (Å²) in [7, 11) is -0.483. The summed E-state index contributed by atoms with van der Waals surface area (Å²) in [6.45, 7) is 4.71. The molecule has 142 valence electrons. The second-order valence-electron chi connectivity index (χ2n) is 7.03. The molecule has 1 aromatic heterocycles. The zero-order valence-corrected chi connectivity index (χ0v) is 16.4. The first kappa shape index (κ1) is 19.0. The first-order chi connectivity index (χ1) is 12.2. The number of aryl methyl sites for hydroxylation is 1. The molecule has 1 aliphatic carbocycles. The number of hydrogen-bond acceptors (Lipinski definition) is 4. The Labute approximate surface area is 154 Å². The Morgan fingerprint density at radius 3 is 2.35 bits per heavy atom. The third-order valence-corrected chi connectivity index (χ3v) is 6.80. The molecule has 0 bridgehead atoms. The number of sulfonamides is 1. The van der Waals surface area contributed by atoms with E-state index in [9.17, 15) is 12.8 Å². The van der Waals surface area contributed by atoms with E-state index in [1.807, 2.05) is 0 Å². The average molecular weight is 380 g/mol. The van der Waals surface area contributed by atoms with E-state index < -0.39 is 10.0 Å². The van der Waals surface area contributed by atoms with Gasteiger partial charge >= 0.3 is 0 Å². The van der Waals surface area contributed by atoms with Gasteiger partial charge in [-0.15, -0.1) is 0 Å². The van der Waals surface area contributed by atoms with Crippen molar-refractivity contribution in [1.29, 1.82) is 0 Å². The molecule has 0 radical (unpaired) electrons. The summed E-state index contributed by atoms with van der Waals surface area (Å²) in [5.41, 5.74) is 2.18. The molecule has 0 N–H and O–H groups in total. The van der Waals surface area contributed by atoms with Crippen LogP contribution >= 0.6 is 0 Å². The van der Waals surface area contributed by atoms with Crippen LogP contribution in [0.2, 0.25) is 0 Å². The second kappa shape index (κ2) is 7.09. The molecule has 1 saturated carbocycles. The highest BCUT2D eigenvalue weighted by Gasteiger charge is 2.31. The van der Waals surface area contributed by atoms with Crippen LogP contribution in [0.15, 0.2) is 29.2 Å². The topological polar surface area (TPSA) is 58.4 Å². The Hall–Kier alpha value is -1.77. The minimum absolute atomic E-state index is 0.246. The number of hydrogen-bond donors (Lipinski definition) is 0. The van der Waals surface area contributed by atoms with Gasteiger partial charge in [0.2, 0.25) is 10.0 Å². The average Bonchev–Trinajstić information content (AvgIpc) is 3.36. The van der Waals surface area contributed by atoms with Gasteiger partial charge in [-0.25, -0.2) is 17.1 Å². The molecule has 0 atom stereocenters. The Morgan fingerprint density at radius 1 is 1.19 bits per heavy atom. The normalized spacial score (nSPS) is 15.2. The predicted octanol–water partition coefficient (Wildman–Crippen LogP) is 2.51. The molecule has 0 aliphatic heterocycles. The van der Waals surface area contributed by atoms with E-state index in [2.05, 4.69) is 10.00 Å². The zero-order chi connectivity index (χ0) is 19.1. The smallest absolute Gasteiger partial charge is 0.246 e. The van der Waals surface area contributed by atoms with Crippen LogP contribution in [0.4, 0.5) is 4.39 Å². The van der Waals surface area contributed by atoms with E-state index in [-0.39, 0.29) is 10.7 Å². The van der Waals surface area contributed by atoms with Crippen molar-refractivity contribution in [2.45, 2.75) is 50.8 Å². The van der Waals surface area contributed by atoms with Gasteiger partial charge in [0, 0.05) is 26.7 Å². The van der Waals surface area contributed by atoms with E-state index in [1.54, 1.807) is 30.7 Å². The van der Waals surface area contributed by atoms with Gasteiger partial charge < -0.3 is 0 Å². The molecule has 1 aliphatic rings. The Morgan fingerprint density at radius 2 is 1.81 bits per heavy atom. The van der Waals surface area contributed by atoms with E-state index in [4.69, 9.17) is 0 Å². The first-order valence-electron chi connectivity index (χ1n) is 8.65. The predicted molar refractivity (Wildman–Crippen MR) is 97.5 cm³/mol. The first-order valence-corrected chi connectivity index (χ1v) is 10.1. The zero-order valence-electron chi connectivity index (χ0n) is 15.6. The van der Waals surface area contributed by atoms with Crippen LogP contribution in [0, 0.1) is 19.7 Å². The van der Waals surface area contributed by atoms with E-state index in [0.29, 0.717) is 30.6 Å². The second-order valence-corrected chi connectivity index (χ2v) is 9.12. The number of benzene rings is 1. The van der Waals surface area contributed by atoms with Gasteiger partial charge in [0.1, 0.15) is 10.7 Å². The van der Waals surface area contributed by atoms with Crippen molar-refractivity contribution in [2.75, 3.05) is 14.1 Å². The van der Waals surface area contributed by atoms with Crippen molar-refractivity contribution in [3.05, 3.63) is 47.0 Å². The van der Waals surface area contributed by atoms with Crippen LogP contribution in [0.25, 0.3) is 0 Å². The maximum absolute atomic E-state index is 13.1. The summed E-state index contributed by atoms with van der Waals surface area (Å²) >= 11 is 0. The molecule has 6 nitrogen and oxygen atoms in total. The van der Waals surface area contributed by atoms with Gasteiger partial charge in [0.25, 0.3) is 0 Å². The number of halogens is 1. The van der Waals surface area contributed by atoms with E-state index in [0.717, 1.165) is 18.4 Å². The molecule has 0 saturated heterocycles. The quantitative estimate of drug-likeness (QED) is 0.741.